The van der Waals surface area contributed by atoms with Gasteiger partial charge in [0.05, 0.1) is 6.42 Å². The van der Waals surface area contributed by atoms with Crippen molar-refractivity contribution in [3.63, 3.8) is 0 Å². The Hall–Kier alpha value is -1.19. The molecule has 0 spiro atoms. The van der Waals surface area contributed by atoms with Crippen molar-refractivity contribution in [2.45, 2.75) is 65.3 Å². The van der Waals surface area contributed by atoms with E-state index in [2.05, 4.69) is 17.0 Å². The van der Waals surface area contributed by atoms with Crippen LogP contribution >= 0.6 is 0 Å². The SMILES string of the molecule is CCCCCCC(=O)Cc1ncnn1C(C)C. The van der Waals surface area contributed by atoms with Crippen LogP contribution < -0.4 is 0 Å². The van der Waals surface area contributed by atoms with E-state index in [0.29, 0.717) is 12.8 Å². The third kappa shape index (κ3) is 4.67. The molecule has 96 valence electrons. The number of aromatic nitrogens is 3. The summed E-state index contributed by atoms with van der Waals surface area (Å²) in [5.74, 6) is 1.07. The van der Waals surface area contributed by atoms with Gasteiger partial charge in [0.2, 0.25) is 0 Å². The van der Waals surface area contributed by atoms with Gasteiger partial charge in [0.15, 0.2) is 0 Å². The highest BCUT2D eigenvalue weighted by Gasteiger charge is 2.11. The maximum Gasteiger partial charge on any atom is 0.140 e. The largest absolute Gasteiger partial charge is 0.299 e. The molecule has 1 heterocycles. The zero-order valence-electron chi connectivity index (χ0n) is 11.1. The summed E-state index contributed by atoms with van der Waals surface area (Å²) in [6, 6.07) is 0.264. The number of hydrogen-bond acceptors (Lipinski definition) is 3. The van der Waals surface area contributed by atoms with E-state index in [1.54, 1.807) is 0 Å². The molecule has 1 aromatic heterocycles. The van der Waals surface area contributed by atoms with Gasteiger partial charge in [0.25, 0.3) is 0 Å². The number of ketones is 1. The van der Waals surface area contributed by atoms with E-state index in [9.17, 15) is 4.79 Å². The van der Waals surface area contributed by atoms with Gasteiger partial charge in [-0.1, -0.05) is 26.2 Å². The Morgan fingerprint density at radius 2 is 2.12 bits per heavy atom. The van der Waals surface area contributed by atoms with Gasteiger partial charge in [-0.15, -0.1) is 0 Å². The number of nitrogens with zero attached hydrogens (tertiary/aromatic N) is 3. The molecule has 0 aromatic carbocycles. The number of Topliss-reactive ketones (excluding diaryl/α,β-unsaturated/α-hetero) is 1. The van der Waals surface area contributed by atoms with Crippen LogP contribution in [0.1, 0.15) is 64.7 Å². The zero-order chi connectivity index (χ0) is 12.7. The van der Waals surface area contributed by atoms with Gasteiger partial charge < -0.3 is 0 Å². The van der Waals surface area contributed by atoms with Crippen LogP contribution in [0.25, 0.3) is 0 Å². The summed E-state index contributed by atoms with van der Waals surface area (Å²) < 4.78 is 1.82. The molecular formula is C13H23N3O. The molecule has 4 heteroatoms. The molecule has 0 saturated carbocycles. The number of carbonyl (C=O) groups excluding carboxylic acids is 1. The monoisotopic (exact) mass is 237 g/mol. The lowest BCUT2D eigenvalue weighted by Crippen LogP contribution is -2.12. The second-order valence-electron chi connectivity index (χ2n) is 4.74. The van der Waals surface area contributed by atoms with Crippen LogP contribution in [0.2, 0.25) is 0 Å². The Morgan fingerprint density at radius 3 is 2.76 bits per heavy atom. The molecule has 0 N–H and O–H groups in total. The lowest BCUT2D eigenvalue weighted by molar-refractivity contribution is -0.118. The van der Waals surface area contributed by atoms with E-state index in [0.717, 1.165) is 18.7 Å². The zero-order valence-corrected chi connectivity index (χ0v) is 11.1. The average molecular weight is 237 g/mol. The average Bonchev–Trinajstić information content (AvgIpc) is 2.72. The summed E-state index contributed by atoms with van der Waals surface area (Å²) >= 11 is 0. The third-order valence-electron chi connectivity index (χ3n) is 2.80. The summed E-state index contributed by atoms with van der Waals surface area (Å²) in [5, 5.41) is 4.13. The lowest BCUT2D eigenvalue weighted by Gasteiger charge is -2.08. The molecule has 0 fully saturated rings. The molecule has 1 rings (SSSR count). The Balaban J connectivity index is 2.37. The smallest absolute Gasteiger partial charge is 0.140 e. The maximum absolute atomic E-state index is 11.8. The Morgan fingerprint density at radius 1 is 1.35 bits per heavy atom. The number of hydrogen-bond donors (Lipinski definition) is 0. The molecule has 0 aliphatic heterocycles. The Bertz CT molecular complexity index is 344. The van der Waals surface area contributed by atoms with Crippen molar-refractivity contribution in [1.29, 1.82) is 0 Å². The van der Waals surface area contributed by atoms with Gasteiger partial charge in [0, 0.05) is 12.5 Å². The molecule has 1 aromatic rings. The first-order valence-electron chi connectivity index (χ1n) is 6.55. The first-order chi connectivity index (χ1) is 8.15. The molecule has 0 amide bonds. The topological polar surface area (TPSA) is 47.8 Å². The molecule has 0 atom stereocenters. The van der Waals surface area contributed by atoms with Crippen molar-refractivity contribution < 1.29 is 4.79 Å². The van der Waals surface area contributed by atoms with Crippen LogP contribution in [0.15, 0.2) is 6.33 Å². The molecule has 0 aliphatic carbocycles. The van der Waals surface area contributed by atoms with Crippen molar-refractivity contribution in [2.24, 2.45) is 0 Å². The van der Waals surface area contributed by atoms with Gasteiger partial charge in [0.1, 0.15) is 17.9 Å². The van der Waals surface area contributed by atoms with Crippen molar-refractivity contribution in [3.05, 3.63) is 12.2 Å². The van der Waals surface area contributed by atoms with E-state index >= 15 is 0 Å². The second kappa shape index (κ2) is 7.20. The highest BCUT2D eigenvalue weighted by molar-refractivity contribution is 5.80. The van der Waals surface area contributed by atoms with Gasteiger partial charge in [-0.2, -0.15) is 5.10 Å². The molecule has 0 bridgehead atoms. The van der Waals surface area contributed by atoms with Crippen molar-refractivity contribution in [1.82, 2.24) is 14.8 Å². The molecule has 4 nitrogen and oxygen atoms in total. The van der Waals surface area contributed by atoms with Gasteiger partial charge in [-0.3, -0.25) is 4.79 Å². The van der Waals surface area contributed by atoms with Gasteiger partial charge in [-0.25, -0.2) is 9.67 Å². The summed E-state index contributed by atoms with van der Waals surface area (Å²) in [5.41, 5.74) is 0. The Kier molecular flexibility index (Phi) is 5.87. The minimum atomic E-state index is 0.264. The standard InChI is InChI=1S/C13H23N3O/c1-4-5-6-7-8-12(17)9-13-14-10-15-16(13)11(2)3/h10-11H,4-9H2,1-3H3. The van der Waals surface area contributed by atoms with Crippen LogP contribution in [-0.2, 0) is 11.2 Å². The van der Waals surface area contributed by atoms with E-state index in [1.165, 1.54) is 19.2 Å². The minimum absolute atomic E-state index is 0.264. The van der Waals surface area contributed by atoms with Crippen LogP contribution in [-0.4, -0.2) is 20.5 Å². The fourth-order valence-corrected chi connectivity index (χ4v) is 1.85. The summed E-state index contributed by atoms with van der Waals surface area (Å²) in [4.78, 5) is 15.9. The third-order valence-corrected chi connectivity index (χ3v) is 2.80. The molecule has 0 radical (unpaired) electrons. The van der Waals surface area contributed by atoms with Crippen LogP contribution in [0.3, 0.4) is 0 Å². The molecule has 0 unspecified atom stereocenters. The van der Waals surface area contributed by atoms with Gasteiger partial charge >= 0.3 is 0 Å². The fraction of sp³-hybridized carbons (Fsp3) is 0.769. The number of rotatable bonds is 8. The fourth-order valence-electron chi connectivity index (χ4n) is 1.85. The van der Waals surface area contributed by atoms with E-state index in [1.807, 2.05) is 18.5 Å². The maximum atomic E-state index is 11.8. The van der Waals surface area contributed by atoms with Crippen LogP contribution in [0.5, 0.6) is 0 Å². The number of carbonyl (C=O) groups is 1. The predicted octanol–water partition coefficient (Wildman–Crippen LogP) is 2.94. The van der Waals surface area contributed by atoms with E-state index < -0.39 is 0 Å². The van der Waals surface area contributed by atoms with Gasteiger partial charge in [-0.05, 0) is 20.3 Å². The number of unbranched alkanes of at least 4 members (excludes halogenated alkanes) is 3. The molecule has 0 saturated heterocycles. The highest BCUT2D eigenvalue weighted by Crippen LogP contribution is 2.09. The van der Waals surface area contributed by atoms with Crippen LogP contribution in [0, 0.1) is 0 Å². The van der Waals surface area contributed by atoms with E-state index in [4.69, 9.17) is 0 Å². The molecule has 17 heavy (non-hydrogen) atoms. The highest BCUT2D eigenvalue weighted by atomic mass is 16.1. The quantitative estimate of drug-likeness (QED) is 0.653. The first kappa shape index (κ1) is 13.9. The predicted molar refractivity (Wildman–Crippen MR) is 67.9 cm³/mol. The Labute approximate surface area is 103 Å². The summed E-state index contributed by atoms with van der Waals surface area (Å²) in [6.45, 7) is 6.26. The molecular weight excluding hydrogens is 214 g/mol. The lowest BCUT2D eigenvalue weighted by atomic mass is 10.1. The van der Waals surface area contributed by atoms with E-state index in [-0.39, 0.29) is 11.8 Å². The normalized spacial score (nSPS) is 11.1. The van der Waals surface area contributed by atoms with Crippen molar-refractivity contribution in [3.8, 4) is 0 Å². The van der Waals surface area contributed by atoms with Crippen molar-refractivity contribution >= 4 is 5.78 Å². The summed E-state index contributed by atoms with van der Waals surface area (Å²) in [6.07, 6.45) is 7.20. The first-order valence-corrected chi connectivity index (χ1v) is 6.55. The summed E-state index contributed by atoms with van der Waals surface area (Å²) in [7, 11) is 0. The van der Waals surface area contributed by atoms with Crippen LogP contribution in [0.4, 0.5) is 0 Å². The molecule has 0 aliphatic rings. The second-order valence-corrected chi connectivity index (χ2v) is 4.74. The van der Waals surface area contributed by atoms with Crippen molar-refractivity contribution in [2.75, 3.05) is 0 Å². The minimum Gasteiger partial charge on any atom is -0.299 e.